The molecule has 4 aromatic rings. The van der Waals surface area contributed by atoms with E-state index in [0.717, 1.165) is 39.8 Å². The molecule has 3 heterocycles. The quantitative estimate of drug-likeness (QED) is 0.374. The van der Waals surface area contributed by atoms with E-state index in [4.69, 9.17) is 0 Å². The van der Waals surface area contributed by atoms with Gasteiger partial charge in [-0.05, 0) is 53.8 Å². The van der Waals surface area contributed by atoms with Crippen molar-refractivity contribution in [2.75, 3.05) is 0 Å². The van der Waals surface area contributed by atoms with Gasteiger partial charge in [-0.2, -0.15) is 0 Å². The average molecular weight is 415 g/mol. The van der Waals surface area contributed by atoms with Crippen molar-refractivity contribution in [2.24, 2.45) is 0 Å². The molecule has 3 N–H and O–H groups in total. The van der Waals surface area contributed by atoms with Crippen molar-refractivity contribution in [3.8, 4) is 22.4 Å². The molecule has 0 fully saturated rings. The second-order valence-electron chi connectivity index (χ2n) is 8.29. The molecular formula is C25H22FN3O2. The Hall–Kier alpha value is -3.67. The van der Waals surface area contributed by atoms with Crippen molar-refractivity contribution in [3.63, 3.8) is 0 Å². The zero-order valence-corrected chi connectivity index (χ0v) is 17.5. The number of hydrogen-bond donors (Lipinski definition) is 3. The fourth-order valence-electron chi connectivity index (χ4n) is 4.74. The summed E-state index contributed by atoms with van der Waals surface area (Å²) in [5, 5.41) is 10.9. The van der Waals surface area contributed by atoms with Gasteiger partial charge in [-0.3, -0.25) is 4.98 Å². The fourth-order valence-corrected chi connectivity index (χ4v) is 4.74. The second kappa shape index (κ2) is 6.94. The van der Waals surface area contributed by atoms with Gasteiger partial charge in [-0.25, -0.2) is 9.18 Å². The maximum atomic E-state index is 14.4. The minimum Gasteiger partial charge on any atom is -0.477 e. The molecule has 0 bridgehead atoms. The van der Waals surface area contributed by atoms with Gasteiger partial charge in [0.2, 0.25) is 0 Å². The molecule has 3 aromatic heterocycles. The van der Waals surface area contributed by atoms with E-state index >= 15 is 0 Å². The van der Waals surface area contributed by atoms with Crippen LogP contribution in [-0.2, 0) is 6.42 Å². The molecule has 0 saturated carbocycles. The van der Waals surface area contributed by atoms with Gasteiger partial charge in [-0.1, -0.05) is 19.9 Å². The number of nitrogens with zero attached hydrogens (tertiary/aromatic N) is 1. The molecule has 0 unspecified atom stereocenters. The van der Waals surface area contributed by atoms with Crippen LogP contribution >= 0.6 is 0 Å². The number of carbonyl (C=O) groups is 1. The summed E-state index contributed by atoms with van der Waals surface area (Å²) in [4.78, 5) is 23.0. The number of aromatic carboxylic acids is 1. The first-order valence-electron chi connectivity index (χ1n) is 10.3. The molecule has 31 heavy (non-hydrogen) atoms. The van der Waals surface area contributed by atoms with E-state index in [-0.39, 0.29) is 17.4 Å². The van der Waals surface area contributed by atoms with Crippen LogP contribution in [0.15, 0.2) is 42.7 Å². The van der Waals surface area contributed by atoms with Crippen LogP contribution < -0.4 is 0 Å². The summed E-state index contributed by atoms with van der Waals surface area (Å²) in [5.74, 6) is -1.42. The summed E-state index contributed by atoms with van der Waals surface area (Å²) in [6, 6.07) is 6.67. The molecular weight excluding hydrogens is 393 g/mol. The van der Waals surface area contributed by atoms with Gasteiger partial charge in [0.05, 0.1) is 11.4 Å². The van der Waals surface area contributed by atoms with Gasteiger partial charge in [0.1, 0.15) is 11.5 Å². The van der Waals surface area contributed by atoms with Gasteiger partial charge in [-0.15, -0.1) is 0 Å². The summed E-state index contributed by atoms with van der Waals surface area (Å²) in [5.41, 5.74) is 7.44. The smallest absolute Gasteiger partial charge is 0.352 e. The number of pyridine rings is 1. The molecule has 1 aliphatic carbocycles. The first kappa shape index (κ1) is 19.3. The molecule has 1 aliphatic rings. The summed E-state index contributed by atoms with van der Waals surface area (Å²) in [7, 11) is 0. The van der Waals surface area contributed by atoms with Crippen LogP contribution in [0.25, 0.3) is 38.9 Å². The molecule has 1 aromatic carbocycles. The van der Waals surface area contributed by atoms with Gasteiger partial charge in [0, 0.05) is 46.4 Å². The highest BCUT2D eigenvalue weighted by Crippen LogP contribution is 2.45. The molecule has 6 heteroatoms. The van der Waals surface area contributed by atoms with Crippen LogP contribution in [-0.4, -0.2) is 26.0 Å². The Bertz CT molecular complexity index is 1390. The third-order valence-electron chi connectivity index (χ3n) is 6.03. The van der Waals surface area contributed by atoms with Crippen molar-refractivity contribution < 1.29 is 14.3 Å². The minimum absolute atomic E-state index is 0.00103. The van der Waals surface area contributed by atoms with Crippen molar-refractivity contribution in [1.29, 1.82) is 0 Å². The number of H-pyrrole nitrogens is 2. The Morgan fingerprint density at radius 1 is 1.19 bits per heavy atom. The summed E-state index contributed by atoms with van der Waals surface area (Å²) in [6.45, 7) is 6.08. The number of fused-ring (bicyclic) bond motifs is 2. The number of rotatable bonds is 4. The van der Waals surface area contributed by atoms with Crippen LogP contribution in [0.5, 0.6) is 0 Å². The SMILES string of the molecule is CC1=CCc2nccc(-c3c(C(=O)O)[nH]c(-c4cc(F)cc5[nH]ccc45)c3C(C)C)c21. The number of aromatic nitrogens is 3. The van der Waals surface area contributed by atoms with Crippen LogP contribution in [0.3, 0.4) is 0 Å². The zero-order chi connectivity index (χ0) is 21.9. The van der Waals surface area contributed by atoms with Crippen LogP contribution in [0, 0.1) is 5.82 Å². The second-order valence-corrected chi connectivity index (χ2v) is 8.29. The van der Waals surface area contributed by atoms with E-state index in [1.165, 1.54) is 12.1 Å². The predicted octanol–water partition coefficient (Wildman–Crippen LogP) is 6.15. The molecule has 0 radical (unpaired) electrons. The van der Waals surface area contributed by atoms with Gasteiger partial charge in [0.15, 0.2) is 0 Å². The fraction of sp³-hybridized carbons (Fsp3) is 0.200. The zero-order valence-electron chi connectivity index (χ0n) is 17.5. The van der Waals surface area contributed by atoms with Crippen LogP contribution in [0.1, 0.15) is 54.0 Å². The van der Waals surface area contributed by atoms with Gasteiger partial charge in [0.25, 0.3) is 0 Å². The highest BCUT2D eigenvalue weighted by molar-refractivity contribution is 6.03. The lowest BCUT2D eigenvalue weighted by atomic mass is 9.87. The molecule has 0 amide bonds. The molecule has 0 atom stereocenters. The molecule has 0 spiro atoms. The molecule has 5 nitrogen and oxygen atoms in total. The van der Waals surface area contributed by atoms with Crippen molar-refractivity contribution in [2.45, 2.75) is 33.1 Å². The van der Waals surface area contributed by atoms with E-state index < -0.39 is 5.97 Å². The van der Waals surface area contributed by atoms with Crippen molar-refractivity contribution in [3.05, 3.63) is 71.1 Å². The van der Waals surface area contributed by atoms with Crippen molar-refractivity contribution in [1.82, 2.24) is 15.0 Å². The topological polar surface area (TPSA) is 81.8 Å². The number of aromatic amines is 2. The Morgan fingerprint density at radius 3 is 2.74 bits per heavy atom. The summed E-state index contributed by atoms with van der Waals surface area (Å²) in [6.07, 6.45) is 6.34. The van der Waals surface area contributed by atoms with E-state index in [2.05, 4.69) is 21.0 Å². The lowest BCUT2D eigenvalue weighted by Gasteiger charge is -2.15. The largest absolute Gasteiger partial charge is 0.477 e. The monoisotopic (exact) mass is 415 g/mol. The van der Waals surface area contributed by atoms with Crippen molar-refractivity contribution >= 4 is 22.4 Å². The number of benzene rings is 1. The average Bonchev–Trinajstić information content (AvgIpc) is 3.43. The highest BCUT2D eigenvalue weighted by Gasteiger charge is 2.29. The number of hydrogen-bond acceptors (Lipinski definition) is 2. The number of nitrogens with one attached hydrogen (secondary N) is 2. The first-order chi connectivity index (χ1) is 14.9. The number of allylic oxidation sites excluding steroid dienone is 2. The van der Waals surface area contributed by atoms with E-state index in [9.17, 15) is 14.3 Å². The van der Waals surface area contributed by atoms with E-state index in [1.54, 1.807) is 12.4 Å². The first-order valence-corrected chi connectivity index (χ1v) is 10.3. The minimum atomic E-state index is -1.05. The Kier molecular flexibility index (Phi) is 4.32. The maximum Gasteiger partial charge on any atom is 0.352 e. The van der Waals surface area contributed by atoms with E-state index in [0.29, 0.717) is 22.3 Å². The lowest BCUT2D eigenvalue weighted by Crippen LogP contribution is -2.02. The Morgan fingerprint density at radius 2 is 2.00 bits per heavy atom. The highest BCUT2D eigenvalue weighted by atomic mass is 19.1. The third kappa shape index (κ3) is 2.90. The number of carboxylic acids is 1. The normalized spacial score (nSPS) is 13.1. The third-order valence-corrected chi connectivity index (χ3v) is 6.03. The lowest BCUT2D eigenvalue weighted by molar-refractivity contribution is 0.0692. The van der Waals surface area contributed by atoms with Crippen LogP contribution in [0.2, 0.25) is 0 Å². The maximum absolute atomic E-state index is 14.4. The predicted molar refractivity (Wildman–Crippen MR) is 120 cm³/mol. The molecule has 0 aliphatic heterocycles. The summed E-state index contributed by atoms with van der Waals surface area (Å²) < 4.78 is 14.4. The van der Waals surface area contributed by atoms with Gasteiger partial charge < -0.3 is 15.1 Å². The Balaban J connectivity index is 1.89. The molecule has 0 saturated heterocycles. The number of halogens is 1. The summed E-state index contributed by atoms with van der Waals surface area (Å²) >= 11 is 0. The standard InChI is InChI=1S/C25H22FN3O2/c1-12(2)20-22(16-7-9-27-18-5-4-13(3)21(16)18)24(25(30)31)29-23(20)17-10-14(26)11-19-15(17)6-8-28-19/h4,6-12,28-29H,5H2,1-3H3,(H,30,31). The van der Waals surface area contributed by atoms with Gasteiger partial charge >= 0.3 is 5.97 Å². The molecule has 156 valence electrons. The van der Waals surface area contributed by atoms with Crippen LogP contribution in [0.4, 0.5) is 4.39 Å². The molecule has 5 rings (SSSR count). The Labute approximate surface area is 178 Å². The number of carboxylic acid groups (broad SMARTS) is 1. The van der Waals surface area contributed by atoms with E-state index in [1.807, 2.05) is 32.9 Å².